The molecular formula is C12H14N2O3S3. The van der Waals surface area contributed by atoms with Crippen LogP contribution in [0.25, 0.3) is 10.2 Å². The van der Waals surface area contributed by atoms with Gasteiger partial charge in [0.1, 0.15) is 6.61 Å². The zero-order chi connectivity index (χ0) is 14.5. The number of carbonyl (C=O) groups excluding carboxylic acids is 1. The first-order valence-corrected chi connectivity index (χ1v) is 7.97. The Morgan fingerprint density at radius 1 is 1.30 bits per heavy atom. The van der Waals surface area contributed by atoms with Gasteiger partial charge in [-0.3, -0.25) is 14.3 Å². The smallest absolute Gasteiger partial charge is 0.411 e. The maximum absolute atomic E-state index is 11.9. The lowest BCUT2D eigenvalue weighted by Crippen LogP contribution is -2.30. The minimum atomic E-state index is -0.484. The van der Waals surface area contributed by atoms with Crippen LogP contribution in [0.1, 0.15) is 0 Å². The van der Waals surface area contributed by atoms with Gasteiger partial charge in [0.2, 0.25) is 0 Å². The van der Waals surface area contributed by atoms with E-state index in [-0.39, 0.29) is 23.2 Å². The summed E-state index contributed by atoms with van der Waals surface area (Å²) < 4.78 is 7.63. The van der Waals surface area contributed by atoms with Crippen molar-refractivity contribution in [2.24, 2.45) is 0 Å². The van der Waals surface area contributed by atoms with Crippen LogP contribution in [0.2, 0.25) is 0 Å². The van der Waals surface area contributed by atoms with E-state index in [2.05, 4.69) is 25.3 Å². The number of carbonyl (C=O) groups is 1. The Morgan fingerprint density at radius 2 is 2.00 bits per heavy atom. The fraction of sp³-hybridized carbons (Fsp3) is 0.333. The van der Waals surface area contributed by atoms with Crippen molar-refractivity contribution in [1.82, 2.24) is 9.47 Å². The van der Waals surface area contributed by atoms with E-state index in [4.69, 9.17) is 4.74 Å². The minimum absolute atomic E-state index is 0.0532. The van der Waals surface area contributed by atoms with Crippen molar-refractivity contribution < 1.29 is 9.53 Å². The average Bonchev–Trinajstić information content (AvgIpc) is 2.76. The van der Waals surface area contributed by atoms with Gasteiger partial charge < -0.3 is 4.74 Å². The van der Waals surface area contributed by atoms with Crippen molar-refractivity contribution in [1.29, 1.82) is 0 Å². The highest BCUT2D eigenvalue weighted by Gasteiger charge is 2.12. The third-order valence-electron chi connectivity index (χ3n) is 2.71. The quantitative estimate of drug-likeness (QED) is 0.653. The van der Waals surface area contributed by atoms with Crippen LogP contribution in [0.15, 0.2) is 29.1 Å². The fourth-order valence-electron chi connectivity index (χ4n) is 1.70. The maximum Gasteiger partial charge on any atom is 0.411 e. The molecule has 2 rings (SSSR count). The van der Waals surface area contributed by atoms with Gasteiger partial charge in [-0.05, 0) is 12.1 Å². The number of thiol groups is 2. The van der Waals surface area contributed by atoms with Crippen LogP contribution >= 0.6 is 36.6 Å². The largest absolute Gasteiger partial charge is 0.447 e. The van der Waals surface area contributed by atoms with Gasteiger partial charge >= 0.3 is 11.0 Å². The van der Waals surface area contributed by atoms with Crippen molar-refractivity contribution in [3.63, 3.8) is 0 Å². The maximum atomic E-state index is 11.9. The summed E-state index contributed by atoms with van der Waals surface area (Å²) in [7, 11) is 0. The first kappa shape index (κ1) is 15.3. The molecule has 1 amide bonds. The molecular weight excluding hydrogens is 316 g/mol. The number of ether oxygens (including phenoxy) is 1. The van der Waals surface area contributed by atoms with Crippen LogP contribution in [0.3, 0.4) is 0 Å². The predicted octanol–water partition coefficient (Wildman–Crippen LogP) is 2.28. The summed E-state index contributed by atoms with van der Waals surface area (Å²) in [5.41, 5.74) is 0.860. The Balaban J connectivity index is 2.01. The number of aromatic nitrogens is 1. The molecule has 0 fully saturated rings. The van der Waals surface area contributed by atoms with Gasteiger partial charge in [-0.25, -0.2) is 4.79 Å². The van der Waals surface area contributed by atoms with Gasteiger partial charge in [0.05, 0.1) is 28.5 Å². The molecule has 2 aromatic rings. The van der Waals surface area contributed by atoms with E-state index in [0.29, 0.717) is 6.54 Å². The molecule has 0 N–H and O–H groups in total. The lowest BCUT2D eigenvalue weighted by atomic mass is 10.3. The van der Waals surface area contributed by atoms with Crippen molar-refractivity contribution >= 4 is 52.9 Å². The zero-order valence-electron chi connectivity index (χ0n) is 10.6. The highest BCUT2D eigenvalue weighted by molar-refractivity contribution is 7.81. The number of fused-ring (bicyclic) bond motifs is 1. The highest BCUT2D eigenvalue weighted by atomic mass is 32.1. The number of nitrogens with zero attached hydrogens (tertiary/aromatic N) is 2. The van der Waals surface area contributed by atoms with Crippen molar-refractivity contribution in [3.8, 4) is 0 Å². The number of thiazole rings is 1. The Bertz CT molecular complexity index is 649. The van der Waals surface area contributed by atoms with Gasteiger partial charge in [0.15, 0.2) is 0 Å². The van der Waals surface area contributed by atoms with Crippen molar-refractivity contribution in [3.05, 3.63) is 33.9 Å². The predicted molar refractivity (Wildman–Crippen MR) is 87.0 cm³/mol. The molecule has 108 valence electrons. The molecule has 0 aliphatic rings. The molecule has 0 aliphatic heterocycles. The number of amides is 1. The highest BCUT2D eigenvalue weighted by Crippen LogP contribution is 2.16. The first-order chi connectivity index (χ1) is 9.67. The average molecular weight is 330 g/mol. The molecule has 1 heterocycles. The molecule has 0 atom stereocenters. The molecule has 5 nitrogen and oxygen atoms in total. The molecule has 0 spiro atoms. The minimum Gasteiger partial charge on any atom is -0.447 e. The van der Waals surface area contributed by atoms with Gasteiger partial charge in [0.25, 0.3) is 0 Å². The summed E-state index contributed by atoms with van der Waals surface area (Å²) >= 11 is 9.19. The van der Waals surface area contributed by atoms with Gasteiger partial charge in [0, 0.05) is 0 Å². The van der Waals surface area contributed by atoms with E-state index >= 15 is 0 Å². The molecule has 0 saturated heterocycles. The van der Waals surface area contributed by atoms with Crippen molar-refractivity contribution in [2.75, 3.05) is 18.4 Å². The van der Waals surface area contributed by atoms with E-state index in [1.165, 1.54) is 16.2 Å². The van der Waals surface area contributed by atoms with Gasteiger partial charge in [-0.1, -0.05) is 23.5 Å². The Labute approximate surface area is 131 Å². The second-order valence-electron chi connectivity index (χ2n) is 3.92. The van der Waals surface area contributed by atoms with Gasteiger partial charge in [-0.2, -0.15) is 25.3 Å². The normalized spacial score (nSPS) is 10.7. The van der Waals surface area contributed by atoms with Crippen LogP contribution in [-0.4, -0.2) is 33.9 Å². The summed E-state index contributed by atoms with van der Waals surface area (Å²) in [6.07, 6.45) is -0.484. The standard InChI is InChI=1S/C12H14N2O3S3/c15-11(13(7-18)8-19)17-6-5-14-9-3-1-2-4-10(9)20-12(14)16/h1-4,18-19H,5-8H2. The van der Waals surface area contributed by atoms with E-state index in [1.807, 2.05) is 24.3 Å². The SMILES string of the molecule is O=C(OCCn1c(=O)sc2ccccc21)N(CS)CS. The summed E-state index contributed by atoms with van der Waals surface area (Å²) in [6.45, 7) is 0.471. The van der Waals surface area contributed by atoms with Crippen LogP contribution in [0, 0.1) is 0 Å². The van der Waals surface area contributed by atoms with Crippen LogP contribution < -0.4 is 4.87 Å². The molecule has 20 heavy (non-hydrogen) atoms. The lowest BCUT2D eigenvalue weighted by Gasteiger charge is -2.17. The molecule has 0 saturated carbocycles. The monoisotopic (exact) mass is 330 g/mol. The van der Waals surface area contributed by atoms with Gasteiger partial charge in [-0.15, -0.1) is 0 Å². The Morgan fingerprint density at radius 3 is 2.70 bits per heavy atom. The summed E-state index contributed by atoms with van der Waals surface area (Å²) in [5.74, 6) is 0.479. The second kappa shape index (κ2) is 7.05. The topological polar surface area (TPSA) is 51.5 Å². The van der Waals surface area contributed by atoms with Crippen LogP contribution in [0.4, 0.5) is 4.79 Å². The fourth-order valence-corrected chi connectivity index (χ4v) is 3.21. The second-order valence-corrected chi connectivity index (χ2v) is 5.48. The third-order valence-corrected chi connectivity index (χ3v) is 4.36. The number of hydrogen-bond donors (Lipinski definition) is 2. The molecule has 1 aromatic heterocycles. The number of benzene rings is 1. The number of para-hydroxylation sites is 1. The molecule has 0 bridgehead atoms. The summed E-state index contributed by atoms with van der Waals surface area (Å²) in [6, 6.07) is 7.54. The first-order valence-electron chi connectivity index (χ1n) is 5.89. The number of rotatable bonds is 5. The summed E-state index contributed by atoms with van der Waals surface area (Å²) in [4.78, 5) is 24.8. The molecule has 1 aromatic carbocycles. The Kier molecular flexibility index (Phi) is 5.38. The van der Waals surface area contributed by atoms with Crippen LogP contribution in [-0.2, 0) is 11.3 Å². The number of hydrogen-bond acceptors (Lipinski definition) is 6. The Hall–Kier alpha value is -1.12. The third kappa shape index (κ3) is 3.31. The zero-order valence-corrected chi connectivity index (χ0v) is 13.2. The van der Waals surface area contributed by atoms with E-state index in [9.17, 15) is 9.59 Å². The van der Waals surface area contributed by atoms with Crippen LogP contribution in [0.5, 0.6) is 0 Å². The molecule has 0 unspecified atom stereocenters. The molecule has 0 radical (unpaired) electrons. The summed E-state index contributed by atoms with van der Waals surface area (Å²) in [5, 5.41) is 0. The lowest BCUT2D eigenvalue weighted by molar-refractivity contribution is 0.112. The molecule has 8 heteroatoms. The van der Waals surface area contributed by atoms with E-state index in [1.54, 1.807) is 4.57 Å². The van der Waals surface area contributed by atoms with E-state index in [0.717, 1.165) is 10.2 Å². The molecule has 0 aliphatic carbocycles. The van der Waals surface area contributed by atoms with Crippen molar-refractivity contribution in [2.45, 2.75) is 6.54 Å². The van der Waals surface area contributed by atoms with E-state index < -0.39 is 6.09 Å².